The van der Waals surface area contributed by atoms with Gasteiger partial charge in [0.1, 0.15) is 0 Å². The third-order valence-corrected chi connectivity index (χ3v) is 0.967. The lowest BCUT2D eigenvalue weighted by Crippen LogP contribution is -2.04. The van der Waals surface area contributed by atoms with Crippen LogP contribution in [0.4, 0.5) is 0 Å². The molecule has 0 atom stereocenters. The molecular formula is C5H8N2O4. The Morgan fingerprint density at radius 1 is 1.36 bits per heavy atom. The van der Waals surface area contributed by atoms with E-state index in [2.05, 4.69) is 0 Å². The molecule has 0 aromatic heterocycles. The molecule has 0 N–H and O–H groups in total. The molecule has 0 unspecified atom stereocenters. The van der Waals surface area contributed by atoms with Crippen molar-refractivity contribution in [3.8, 4) is 0 Å². The molecule has 62 valence electrons. The fourth-order valence-electron chi connectivity index (χ4n) is 0.499. The minimum absolute atomic E-state index is 0.326. The van der Waals surface area contributed by atoms with Gasteiger partial charge in [-0.3, -0.25) is 20.2 Å². The monoisotopic (exact) mass is 160 g/mol. The van der Waals surface area contributed by atoms with Crippen molar-refractivity contribution in [1.82, 2.24) is 0 Å². The summed E-state index contributed by atoms with van der Waals surface area (Å²) in [6, 6.07) is 0. The highest BCUT2D eigenvalue weighted by Crippen LogP contribution is 1.91. The normalized spacial score (nSPS) is 11.2. The van der Waals surface area contributed by atoms with Crippen molar-refractivity contribution < 1.29 is 9.85 Å². The number of nitrogens with zero attached hydrogens (tertiary/aromatic N) is 2. The van der Waals surface area contributed by atoms with E-state index in [1.54, 1.807) is 0 Å². The molecule has 0 heterocycles. The average molecular weight is 160 g/mol. The number of hydrogen-bond donors (Lipinski definition) is 0. The molecule has 6 heteroatoms. The highest BCUT2D eigenvalue weighted by molar-refractivity contribution is 4.97. The lowest BCUT2D eigenvalue weighted by atomic mass is 10.3. The zero-order valence-corrected chi connectivity index (χ0v) is 6.02. The molecule has 0 saturated carbocycles. The molecule has 0 aliphatic rings. The minimum Gasteiger partial charge on any atom is -0.264 e. The van der Waals surface area contributed by atoms with E-state index in [1.807, 2.05) is 0 Å². The molecule has 0 aliphatic heterocycles. The molecule has 0 saturated heterocycles. The summed E-state index contributed by atoms with van der Waals surface area (Å²) in [4.78, 5) is 18.6. The van der Waals surface area contributed by atoms with Crippen molar-refractivity contribution in [3.63, 3.8) is 0 Å². The van der Waals surface area contributed by atoms with Crippen LogP contribution in [0.2, 0.25) is 0 Å². The Kier molecular flexibility index (Phi) is 3.79. The third kappa shape index (κ3) is 6.42. The molecule has 6 nitrogen and oxygen atoms in total. The zero-order valence-electron chi connectivity index (χ0n) is 6.02. The van der Waals surface area contributed by atoms with Gasteiger partial charge < -0.3 is 0 Å². The molecule has 11 heavy (non-hydrogen) atoms. The molecule has 0 amide bonds. The van der Waals surface area contributed by atoms with E-state index in [4.69, 9.17) is 0 Å². The maximum Gasteiger partial charge on any atom is 0.224 e. The third-order valence-electron chi connectivity index (χ3n) is 0.967. The first-order valence-corrected chi connectivity index (χ1v) is 2.91. The first-order chi connectivity index (χ1) is 5.02. The van der Waals surface area contributed by atoms with Crippen molar-refractivity contribution >= 4 is 0 Å². The first kappa shape index (κ1) is 9.54. The maximum atomic E-state index is 9.85. The van der Waals surface area contributed by atoms with Gasteiger partial charge in [-0.2, -0.15) is 0 Å². The van der Waals surface area contributed by atoms with Crippen LogP contribution in [-0.4, -0.2) is 22.9 Å². The Hall–Kier alpha value is -1.46. The van der Waals surface area contributed by atoms with E-state index < -0.39 is 9.85 Å². The van der Waals surface area contributed by atoms with Crippen LogP contribution < -0.4 is 0 Å². The first-order valence-electron chi connectivity index (χ1n) is 2.91. The molecule has 0 bridgehead atoms. The highest BCUT2D eigenvalue weighted by Gasteiger charge is 2.00. The van der Waals surface area contributed by atoms with Gasteiger partial charge in [0.2, 0.25) is 13.1 Å². The molecule has 0 rings (SSSR count). The fraction of sp³-hybridized carbons (Fsp3) is 0.600. The standard InChI is InChI=1S/C5H8N2O4/c1-5(4-7(10)11)2-3-6(8)9/h2H,3-4H2,1H3. The summed E-state index contributed by atoms with van der Waals surface area (Å²) in [7, 11) is 0. The summed E-state index contributed by atoms with van der Waals surface area (Å²) in [5, 5.41) is 19.6. The maximum absolute atomic E-state index is 9.85. The van der Waals surface area contributed by atoms with E-state index in [-0.39, 0.29) is 13.1 Å². The predicted octanol–water partition coefficient (Wildman–Crippen LogP) is 0.486. The van der Waals surface area contributed by atoms with Crippen LogP contribution in [0.3, 0.4) is 0 Å². The van der Waals surface area contributed by atoms with E-state index >= 15 is 0 Å². The molecule has 0 aromatic carbocycles. The van der Waals surface area contributed by atoms with Crippen molar-refractivity contribution in [2.75, 3.05) is 13.1 Å². The van der Waals surface area contributed by atoms with E-state index in [9.17, 15) is 20.2 Å². The minimum atomic E-state index is -0.538. The lowest BCUT2D eigenvalue weighted by Gasteiger charge is -1.90. The van der Waals surface area contributed by atoms with Crippen LogP contribution in [0.1, 0.15) is 6.92 Å². The Balaban J connectivity index is 3.81. The van der Waals surface area contributed by atoms with Crippen LogP contribution in [0.15, 0.2) is 11.6 Å². The van der Waals surface area contributed by atoms with Gasteiger partial charge in [-0.1, -0.05) is 0 Å². The van der Waals surface area contributed by atoms with Crippen molar-refractivity contribution in [1.29, 1.82) is 0 Å². The molecule has 0 aromatic rings. The highest BCUT2D eigenvalue weighted by atomic mass is 16.6. The smallest absolute Gasteiger partial charge is 0.224 e. The number of hydrogen-bond acceptors (Lipinski definition) is 4. The Labute approximate surface area is 62.8 Å². The summed E-state index contributed by atoms with van der Waals surface area (Å²) in [5.41, 5.74) is 0.409. The predicted molar refractivity (Wildman–Crippen MR) is 37.5 cm³/mol. The topological polar surface area (TPSA) is 86.3 Å². The summed E-state index contributed by atoms with van der Waals surface area (Å²) < 4.78 is 0. The van der Waals surface area contributed by atoms with Gasteiger partial charge in [0.25, 0.3) is 0 Å². The summed E-state index contributed by atoms with van der Waals surface area (Å²) in [6.07, 6.45) is 1.24. The average Bonchev–Trinajstić information content (AvgIpc) is 1.82. The van der Waals surface area contributed by atoms with Crippen molar-refractivity contribution in [2.45, 2.75) is 6.92 Å². The molecule has 0 radical (unpaired) electrons. The number of rotatable bonds is 4. The second-order valence-corrected chi connectivity index (χ2v) is 2.06. The Bertz CT molecular complexity index is 199. The van der Waals surface area contributed by atoms with E-state index in [0.717, 1.165) is 0 Å². The van der Waals surface area contributed by atoms with Gasteiger partial charge in [-0.25, -0.2) is 0 Å². The molecule has 0 spiro atoms. The van der Waals surface area contributed by atoms with Crippen LogP contribution in [0.25, 0.3) is 0 Å². The second kappa shape index (κ2) is 4.37. The molecule has 0 aliphatic carbocycles. The van der Waals surface area contributed by atoms with Crippen molar-refractivity contribution in [2.24, 2.45) is 0 Å². The molecule has 0 fully saturated rings. The van der Waals surface area contributed by atoms with Crippen LogP contribution in [0.5, 0.6) is 0 Å². The van der Waals surface area contributed by atoms with Gasteiger partial charge in [0, 0.05) is 9.85 Å². The van der Waals surface area contributed by atoms with Crippen LogP contribution >= 0.6 is 0 Å². The van der Waals surface area contributed by atoms with E-state index in [0.29, 0.717) is 5.57 Å². The summed E-state index contributed by atoms with van der Waals surface area (Å²) >= 11 is 0. The SMILES string of the molecule is CC(=CC[N+](=O)[O-])C[N+](=O)[O-]. The van der Waals surface area contributed by atoms with Gasteiger partial charge >= 0.3 is 0 Å². The quantitative estimate of drug-likeness (QED) is 0.340. The number of nitro groups is 2. The lowest BCUT2D eigenvalue weighted by molar-refractivity contribution is -0.474. The fourth-order valence-corrected chi connectivity index (χ4v) is 0.499. The summed E-state index contributed by atoms with van der Waals surface area (Å²) in [6.45, 7) is 0.819. The van der Waals surface area contributed by atoms with Crippen LogP contribution in [0, 0.1) is 20.2 Å². The largest absolute Gasteiger partial charge is 0.264 e. The van der Waals surface area contributed by atoms with Gasteiger partial charge in [-0.05, 0) is 18.6 Å². The van der Waals surface area contributed by atoms with Gasteiger partial charge in [-0.15, -0.1) is 0 Å². The van der Waals surface area contributed by atoms with Gasteiger partial charge in [0.15, 0.2) is 0 Å². The van der Waals surface area contributed by atoms with Crippen molar-refractivity contribution in [3.05, 3.63) is 31.9 Å². The van der Waals surface area contributed by atoms with Crippen LogP contribution in [-0.2, 0) is 0 Å². The second-order valence-electron chi connectivity index (χ2n) is 2.06. The van der Waals surface area contributed by atoms with Gasteiger partial charge in [0.05, 0.1) is 0 Å². The Morgan fingerprint density at radius 2 is 1.91 bits per heavy atom. The van der Waals surface area contributed by atoms with E-state index in [1.165, 1.54) is 13.0 Å². The summed E-state index contributed by atoms with van der Waals surface area (Å²) in [5.74, 6) is 0. The molecular weight excluding hydrogens is 152 g/mol. The Morgan fingerprint density at radius 3 is 2.27 bits per heavy atom. The zero-order chi connectivity index (χ0) is 8.85.